The molecule has 0 saturated carbocycles. The molecule has 3 N–H and O–H groups in total. The number of furan rings is 1. The van der Waals surface area contributed by atoms with Crippen molar-refractivity contribution in [2.45, 2.75) is 84.2 Å². The number of hydrogen-bond donors (Lipinski definition) is 3. The first-order valence-corrected chi connectivity index (χ1v) is 16.3. The van der Waals surface area contributed by atoms with E-state index in [9.17, 15) is 27.6 Å². The zero-order valence-electron chi connectivity index (χ0n) is 29.7. The second-order valence-electron chi connectivity index (χ2n) is 14.6. The van der Waals surface area contributed by atoms with E-state index in [4.69, 9.17) is 13.9 Å². The molecule has 4 rings (SSSR count). The topological polar surface area (TPSA) is 151 Å². The fraction of sp³-hybridized carbons (Fsp3) is 0.559. The van der Waals surface area contributed by atoms with E-state index in [0.29, 0.717) is 6.42 Å². The largest absolute Gasteiger partial charge is 0.444 e. The average molecular weight is 706 g/mol. The standard InChI is InChI=1S/C34H46F3N7O6/c1-32(2,3)49-30(46)40-22-15-21(34(35,36)37)18-44(19-22)24-11-12-38-17-23(24)41-28(45)26-27-25(14-20(16-39-27)10-9-13-43(7)8)48-29(26)42-31(47)50-33(4,5)6/h11-12,14,16-17,21-22H,9-10,13,15,18-19H2,1-8H3,(H,40,46)(H,41,45)(H,42,47)/t21-,22+/m1/s1. The number of nitrogens with one attached hydrogen (secondary N) is 3. The van der Waals surface area contributed by atoms with Crippen molar-refractivity contribution < 1.29 is 41.4 Å². The molecule has 0 bridgehead atoms. The molecule has 1 saturated heterocycles. The highest BCUT2D eigenvalue weighted by Crippen LogP contribution is 2.38. The van der Waals surface area contributed by atoms with Crippen molar-refractivity contribution in [1.29, 1.82) is 0 Å². The molecule has 0 aliphatic carbocycles. The van der Waals surface area contributed by atoms with Crippen molar-refractivity contribution in [2.75, 3.05) is 49.3 Å². The predicted octanol–water partition coefficient (Wildman–Crippen LogP) is 6.60. The summed E-state index contributed by atoms with van der Waals surface area (Å²) in [6.45, 7) is 10.4. The van der Waals surface area contributed by atoms with Crippen LogP contribution in [0.25, 0.3) is 11.1 Å². The van der Waals surface area contributed by atoms with E-state index in [2.05, 4.69) is 30.8 Å². The number of amides is 3. The van der Waals surface area contributed by atoms with Crippen LogP contribution in [0.15, 0.2) is 35.1 Å². The maximum absolute atomic E-state index is 14.1. The minimum absolute atomic E-state index is 0.00302. The molecule has 1 aliphatic heterocycles. The molecular weight excluding hydrogens is 659 g/mol. The van der Waals surface area contributed by atoms with Crippen LogP contribution >= 0.6 is 0 Å². The summed E-state index contributed by atoms with van der Waals surface area (Å²) in [6, 6.07) is 2.30. The minimum atomic E-state index is -4.56. The molecule has 1 fully saturated rings. The van der Waals surface area contributed by atoms with Gasteiger partial charge in [-0.3, -0.25) is 20.1 Å². The van der Waals surface area contributed by atoms with Gasteiger partial charge in [-0.05, 0) is 99.1 Å². The number of fused-ring (bicyclic) bond motifs is 1. The Morgan fingerprint density at radius 3 is 2.32 bits per heavy atom. The van der Waals surface area contributed by atoms with Crippen LogP contribution in [0.5, 0.6) is 0 Å². The summed E-state index contributed by atoms with van der Waals surface area (Å²) in [4.78, 5) is 51.4. The first-order valence-electron chi connectivity index (χ1n) is 16.3. The van der Waals surface area contributed by atoms with Gasteiger partial charge in [0, 0.05) is 25.5 Å². The molecule has 4 heterocycles. The van der Waals surface area contributed by atoms with Gasteiger partial charge in [-0.2, -0.15) is 13.2 Å². The number of piperidine rings is 1. The number of aryl methyl sites for hydroxylation is 1. The Bertz CT molecular complexity index is 1680. The van der Waals surface area contributed by atoms with Crippen LogP contribution in [0.1, 0.15) is 70.3 Å². The van der Waals surface area contributed by atoms with Gasteiger partial charge in [-0.25, -0.2) is 9.59 Å². The SMILES string of the molecule is CN(C)CCCc1cnc2c(C(=O)Nc3cnccc3N3C[C@@H](NC(=O)OC(C)(C)C)C[C@@H](C(F)(F)F)C3)c(NC(=O)OC(C)(C)C)oc2c1. The summed E-state index contributed by atoms with van der Waals surface area (Å²) in [5.41, 5.74) is -0.212. The number of halogens is 3. The number of carbonyl (C=O) groups is 3. The number of anilines is 3. The van der Waals surface area contributed by atoms with Gasteiger partial charge in [0.2, 0.25) is 5.88 Å². The van der Waals surface area contributed by atoms with Crippen LogP contribution in [0.3, 0.4) is 0 Å². The summed E-state index contributed by atoms with van der Waals surface area (Å²) in [5.74, 6) is -2.76. The summed E-state index contributed by atoms with van der Waals surface area (Å²) in [7, 11) is 3.95. The lowest BCUT2D eigenvalue weighted by Crippen LogP contribution is -2.54. The number of pyridine rings is 2. The molecule has 13 nitrogen and oxygen atoms in total. The van der Waals surface area contributed by atoms with E-state index < -0.39 is 54.0 Å². The third-order valence-electron chi connectivity index (χ3n) is 7.52. The lowest BCUT2D eigenvalue weighted by molar-refractivity contribution is -0.177. The lowest BCUT2D eigenvalue weighted by atomic mass is 9.93. The van der Waals surface area contributed by atoms with Gasteiger partial charge in [0.15, 0.2) is 5.58 Å². The number of alkyl halides is 3. The quantitative estimate of drug-likeness (QED) is 0.222. The van der Waals surface area contributed by atoms with E-state index in [1.54, 1.807) is 53.8 Å². The first-order chi connectivity index (χ1) is 23.2. The van der Waals surface area contributed by atoms with Crippen molar-refractivity contribution in [3.05, 3.63) is 41.9 Å². The molecule has 50 heavy (non-hydrogen) atoms. The summed E-state index contributed by atoms with van der Waals surface area (Å²) in [5, 5.41) is 7.80. The molecule has 3 amide bonds. The molecule has 3 aromatic rings. The number of nitrogens with zero attached hydrogens (tertiary/aromatic N) is 4. The number of rotatable bonds is 9. The van der Waals surface area contributed by atoms with Crippen LogP contribution in [-0.2, 0) is 15.9 Å². The fourth-order valence-corrected chi connectivity index (χ4v) is 5.51. The van der Waals surface area contributed by atoms with E-state index in [-0.39, 0.29) is 46.9 Å². The van der Waals surface area contributed by atoms with E-state index in [0.717, 1.165) is 18.5 Å². The molecule has 3 aromatic heterocycles. The lowest BCUT2D eigenvalue weighted by Gasteiger charge is -2.40. The molecule has 1 aliphatic rings. The Labute approximate surface area is 289 Å². The van der Waals surface area contributed by atoms with Crippen LogP contribution in [0.2, 0.25) is 0 Å². The van der Waals surface area contributed by atoms with Crippen LogP contribution < -0.4 is 20.9 Å². The van der Waals surface area contributed by atoms with E-state index in [1.165, 1.54) is 23.4 Å². The Hall–Kier alpha value is -4.60. The number of alkyl carbamates (subject to hydrolysis) is 1. The van der Waals surface area contributed by atoms with Gasteiger partial charge in [0.05, 0.1) is 29.5 Å². The maximum Gasteiger partial charge on any atom is 0.414 e. The number of hydrogen-bond acceptors (Lipinski definition) is 10. The summed E-state index contributed by atoms with van der Waals surface area (Å²) >= 11 is 0. The predicted molar refractivity (Wildman–Crippen MR) is 182 cm³/mol. The number of aromatic nitrogens is 2. The second-order valence-corrected chi connectivity index (χ2v) is 14.6. The smallest absolute Gasteiger partial charge is 0.414 e. The van der Waals surface area contributed by atoms with Crippen molar-refractivity contribution in [3.63, 3.8) is 0 Å². The monoisotopic (exact) mass is 705 g/mol. The number of carbonyl (C=O) groups excluding carboxylic acids is 3. The van der Waals surface area contributed by atoms with Gasteiger partial charge in [0.25, 0.3) is 5.91 Å². The zero-order valence-corrected chi connectivity index (χ0v) is 29.7. The first kappa shape index (κ1) is 38.2. The number of ether oxygens (including phenoxy) is 2. The molecule has 16 heteroatoms. The van der Waals surface area contributed by atoms with Crippen LogP contribution in [0, 0.1) is 5.92 Å². The van der Waals surface area contributed by atoms with Gasteiger partial charge in [-0.1, -0.05) is 0 Å². The molecule has 2 atom stereocenters. The van der Waals surface area contributed by atoms with Crippen molar-refractivity contribution in [3.8, 4) is 0 Å². The highest BCUT2D eigenvalue weighted by molar-refractivity contribution is 6.16. The molecule has 0 unspecified atom stereocenters. The normalized spacial score (nSPS) is 17.1. The van der Waals surface area contributed by atoms with E-state index in [1.807, 2.05) is 14.1 Å². The molecular formula is C34H46F3N7O6. The van der Waals surface area contributed by atoms with Crippen LogP contribution in [0.4, 0.5) is 40.0 Å². The molecule has 0 aromatic carbocycles. The molecule has 274 valence electrons. The Morgan fingerprint density at radius 1 is 1.00 bits per heavy atom. The highest BCUT2D eigenvalue weighted by atomic mass is 19.4. The third-order valence-corrected chi connectivity index (χ3v) is 7.52. The van der Waals surface area contributed by atoms with Gasteiger partial charge in [-0.15, -0.1) is 0 Å². The fourth-order valence-electron chi connectivity index (χ4n) is 5.51. The second kappa shape index (κ2) is 15.1. The van der Waals surface area contributed by atoms with Crippen molar-refractivity contribution in [2.24, 2.45) is 5.92 Å². The Balaban J connectivity index is 1.66. The highest BCUT2D eigenvalue weighted by Gasteiger charge is 2.45. The molecule has 0 radical (unpaired) electrons. The van der Waals surface area contributed by atoms with Crippen LogP contribution in [-0.4, -0.2) is 90.1 Å². The van der Waals surface area contributed by atoms with Crippen molar-refractivity contribution in [1.82, 2.24) is 20.2 Å². The Kier molecular flexibility index (Phi) is 11.5. The van der Waals surface area contributed by atoms with Gasteiger partial charge < -0.3 is 34.3 Å². The average Bonchev–Trinajstić information content (AvgIpc) is 3.31. The minimum Gasteiger partial charge on any atom is -0.444 e. The molecule has 0 spiro atoms. The Morgan fingerprint density at radius 2 is 1.68 bits per heavy atom. The van der Waals surface area contributed by atoms with E-state index >= 15 is 0 Å². The maximum atomic E-state index is 14.1. The van der Waals surface area contributed by atoms with Crippen molar-refractivity contribution >= 4 is 46.5 Å². The summed E-state index contributed by atoms with van der Waals surface area (Å²) in [6.07, 6.45) is -0.752. The third kappa shape index (κ3) is 10.7. The van der Waals surface area contributed by atoms with Gasteiger partial charge >= 0.3 is 18.4 Å². The van der Waals surface area contributed by atoms with Gasteiger partial charge in [0.1, 0.15) is 22.3 Å². The zero-order chi connectivity index (χ0) is 37.0. The summed E-state index contributed by atoms with van der Waals surface area (Å²) < 4.78 is 59.0.